The van der Waals surface area contributed by atoms with Gasteiger partial charge in [-0.1, -0.05) is 6.07 Å². The molecule has 0 amide bonds. The minimum atomic E-state index is -0.535. The molecule has 3 rings (SSSR count). The fourth-order valence-corrected chi connectivity index (χ4v) is 2.27. The van der Waals surface area contributed by atoms with Crippen LogP contribution < -0.4 is 10.6 Å². The lowest BCUT2D eigenvalue weighted by Gasteiger charge is -2.09. The van der Waals surface area contributed by atoms with Crippen LogP contribution in [-0.4, -0.2) is 24.9 Å². The van der Waals surface area contributed by atoms with Crippen molar-refractivity contribution in [1.82, 2.24) is 19.9 Å². The summed E-state index contributed by atoms with van der Waals surface area (Å²) in [5, 5.41) is 17.3. The first-order valence-corrected chi connectivity index (χ1v) is 7.93. The first kappa shape index (κ1) is 16.7. The van der Waals surface area contributed by atoms with Crippen LogP contribution in [0.2, 0.25) is 0 Å². The topological polar surface area (TPSA) is 119 Å². The molecule has 3 aromatic rings. The average molecular weight is 402 g/mol. The molecule has 25 heavy (non-hydrogen) atoms. The fraction of sp³-hybridized carbons (Fsp3) is 0.0667. The number of anilines is 3. The monoisotopic (exact) mass is 401 g/mol. The Labute approximate surface area is 150 Å². The molecule has 0 spiro atoms. The van der Waals surface area contributed by atoms with Crippen LogP contribution in [0.15, 0.2) is 53.7 Å². The second kappa shape index (κ2) is 7.62. The maximum absolute atomic E-state index is 11.5. The Morgan fingerprint density at radius 1 is 1.12 bits per heavy atom. The third-order valence-electron chi connectivity index (χ3n) is 3.16. The third kappa shape index (κ3) is 4.23. The van der Waals surface area contributed by atoms with Gasteiger partial charge in [-0.15, -0.1) is 0 Å². The summed E-state index contributed by atoms with van der Waals surface area (Å²) in [6.07, 6.45) is 6.16. The largest absolute Gasteiger partial charge is 0.360 e. The Hall–Kier alpha value is -3.14. The van der Waals surface area contributed by atoms with Gasteiger partial charge in [0.15, 0.2) is 0 Å². The Kier molecular flexibility index (Phi) is 5.09. The van der Waals surface area contributed by atoms with Gasteiger partial charge in [0, 0.05) is 29.6 Å². The number of nitrogens with zero attached hydrogens (tertiary/aromatic N) is 5. The van der Waals surface area contributed by atoms with Gasteiger partial charge >= 0.3 is 5.69 Å². The standard InChI is InChI=1S/C15H12BrN7O2/c16-11-3-4-12(18-8-11)22-15-13(23(24)25)14(20-9-21-15)19-7-10-2-1-5-17-6-10/h1-6,8-9H,7H2,(H2,18,19,20,21,22). The second-order valence-electron chi connectivity index (χ2n) is 4.88. The molecule has 3 aromatic heterocycles. The molecule has 9 nitrogen and oxygen atoms in total. The van der Waals surface area contributed by atoms with Crippen molar-refractivity contribution in [3.8, 4) is 0 Å². The van der Waals surface area contributed by atoms with E-state index in [2.05, 4.69) is 46.5 Å². The zero-order chi connectivity index (χ0) is 17.6. The number of hydrogen-bond acceptors (Lipinski definition) is 8. The van der Waals surface area contributed by atoms with Gasteiger partial charge < -0.3 is 10.6 Å². The van der Waals surface area contributed by atoms with Crippen LogP contribution in [0.5, 0.6) is 0 Å². The lowest BCUT2D eigenvalue weighted by atomic mass is 10.3. The summed E-state index contributed by atoms with van der Waals surface area (Å²) in [5.74, 6) is 0.607. The number of halogens is 1. The van der Waals surface area contributed by atoms with Crippen molar-refractivity contribution >= 4 is 39.1 Å². The van der Waals surface area contributed by atoms with E-state index in [0.29, 0.717) is 12.4 Å². The Morgan fingerprint density at radius 3 is 2.64 bits per heavy atom. The molecule has 0 radical (unpaired) electrons. The number of rotatable bonds is 6. The number of aromatic nitrogens is 4. The summed E-state index contributed by atoms with van der Waals surface area (Å²) in [5.41, 5.74) is 0.621. The van der Waals surface area contributed by atoms with E-state index in [1.54, 1.807) is 36.8 Å². The van der Waals surface area contributed by atoms with Gasteiger partial charge in [0.1, 0.15) is 12.1 Å². The minimum absolute atomic E-state index is 0.0588. The minimum Gasteiger partial charge on any atom is -0.360 e. The van der Waals surface area contributed by atoms with E-state index in [1.165, 1.54) is 6.33 Å². The van der Waals surface area contributed by atoms with E-state index < -0.39 is 4.92 Å². The van der Waals surface area contributed by atoms with Gasteiger partial charge in [0.25, 0.3) is 0 Å². The van der Waals surface area contributed by atoms with Crippen molar-refractivity contribution in [3.63, 3.8) is 0 Å². The maximum atomic E-state index is 11.5. The molecular formula is C15H12BrN7O2. The molecule has 0 aliphatic carbocycles. The van der Waals surface area contributed by atoms with E-state index >= 15 is 0 Å². The molecule has 0 fully saturated rings. The molecule has 0 saturated heterocycles. The van der Waals surface area contributed by atoms with Gasteiger partial charge in [0.2, 0.25) is 11.6 Å². The molecule has 3 heterocycles. The molecular weight excluding hydrogens is 390 g/mol. The normalized spacial score (nSPS) is 10.3. The van der Waals surface area contributed by atoms with Crippen molar-refractivity contribution in [3.05, 3.63) is 69.3 Å². The van der Waals surface area contributed by atoms with Crippen molar-refractivity contribution in [2.45, 2.75) is 6.54 Å². The van der Waals surface area contributed by atoms with Crippen LogP contribution in [0.4, 0.5) is 23.1 Å². The fourth-order valence-electron chi connectivity index (χ4n) is 2.03. The van der Waals surface area contributed by atoms with Crippen molar-refractivity contribution in [2.75, 3.05) is 10.6 Å². The quantitative estimate of drug-likeness (QED) is 0.476. The summed E-state index contributed by atoms with van der Waals surface area (Å²) in [7, 11) is 0. The smallest absolute Gasteiger partial charge is 0.353 e. The molecule has 126 valence electrons. The van der Waals surface area contributed by atoms with Gasteiger partial charge in [-0.05, 0) is 39.7 Å². The Morgan fingerprint density at radius 2 is 1.96 bits per heavy atom. The molecule has 0 aromatic carbocycles. The Balaban J connectivity index is 1.86. The highest BCUT2D eigenvalue weighted by atomic mass is 79.9. The van der Waals surface area contributed by atoms with E-state index in [9.17, 15) is 10.1 Å². The molecule has 0 aliphatic rings. The summed E-state index contributed by atoms with van der Waals surface area (Å²) in [6.45, 7) is 0.349. The number of pyridine rings is 2. The summed E-state index contributed by atoms with van der Waals surface area (Å²) in [6, 6.07) is 7.10. The molecule has 0 atom stereocenters. The molecule has 2 N–H and O–H groups in total. The van der Waals surface area contributed by atoms with E-state index in [-0.39, 0.29) is 17.3 Å². The highest BCUT2D eigenvalue weighted by molar-refractivity contribution is 9.10. The van der Waals surface area contributed by atoms with Gasteiger partial charge in [-0.25, -0.2) is 15.0 Å². The summed E-state index contributed by atoms with van der Waals surface area (Å²) in [4.78, 5) is 27.0. The first-order valence-electron chi connectivity index (χ1n) is 7.14. The van der Waals surface area contributed by atoms with E-state index in [1.807, 2.05) is 6.07 Å². The molecule has 0 aliphatic heterocycles. The predicted octanol–water partition coefficient (Wildman–Crippen LogP) is 3.29. The Bertz CT molecular complexity index is 875. The molecule has 0 unspecified atom stereocenters. The van der Waals surface area contributed by atoms with Crippen molar-refractivity contribution in [1.29, 1.82) is 0 Å². The SMILES string of the molecule is O=[N+]([O-])c1c(NCc2cccnc2)ncnc1Nc1ccc(Br)cn1. The van der Waals surface area contributed by atoms with Crippen molar-refractivity contribution in [2.24, 2.45) is 0 Å². The molecule has 10 heteroatoms. The van der Waals surface area contributed by atoms with Gasteiger partial charge in [0.05, 0.1) is 4.92 Å². The maximum Gasteiger partial charge on any atom is 0.353 e. The van der Waals surface area contributed by atoms with E-state index in [0.717, 1.165) is 10.0 Å². The highest BCUT2D eigenvalue weighted by Crippen LogP contribution is 2.31. The van der Waals surface area contributed by atoms with Crippen LogP contribution in [-0.2, 0) is 6.54 Å². The third-order valence-corrected chi connectivity index (χ3v) is 3.63. The van der Waals surface area contributed by atoms with Gasteiger partial charge in [-0.3, -0.25) is 15.1 Å². The van der Waals surface area contributed by atoms with Crippen LogP contribution in [0, 0.1) is 10.1 Å². The van der Waals surface area contributed by atoms with Crippen LogP contribution >= 0.6 is 15.9 Å². The van der Waals surface area contributed by atoms with Gasteiger partial charge in [-0.2, -0.15) is 0 Å². The number of nitro groups is 1. The summed E-state index contributed by atoms with van der Waals surface area (Å²) >= 11 is 3.28. The van der Waals surface area contributed by atoms with Crippen LogP contribution in [0.3, 0.4) is 0 Å². The van der Waals surface area contributed by atoms with Crippen molar-refractivity contribution < 1.29 is 4.92 Å². The average Bonchev–Trinajstić information content (AvgIpc) is 2.62. The number of nitrogens with one attached hydrogen (secondary N) is 2. The van der Waals surface area contributed by atoms with Crippen LogP contribution in [0.25, 0.3) is 0 Å². The lowest BCUT2D eigenvalue weighted by Crippen LogP contribution is -2.08. The predicted molar refractivity (Wildman–Crippen MR) is 95.5 cm³/mol. The lowest BCUT2D eigenvalue weighted by molar-refractivity contribution is -0.383. The molecule has 0 saturated carbocycles. The second-order valence-corrected chi connectivity index (χ2v) is 5.79. The number of hydrogen-bond donors (Lipinski definition) is 2. The molecule has 0 bridgehead atoms. The zero-order valence-electron chi connectivity index (χ0n) is 12.8. The van der Waals surface area contributed by atoms with E-state index in [4.69, 9.17) is 0 Å². The zero-order valence-corrected chi connectivity index (χ0v) is 14.3. The summed E-state index contributed by atoms with van der Waals surface area (Å²) < 4.78 is 0.800. The van der Waals surface area contributed by atoms with Crippen LogP contribution in [0.1, 0.15) is 5.56 Å². The highest BCUT2D eigenvalue weighted by Gasteiger charge is 2.23. The first-order chi connectivity index (χ1) is 12.1.